The van der Waals surface area contributed by atoms with Crippen LogP contribution in [0, 0.1) is 0 Å². The second-order valence-corrected chi connectivity index (χ2v) is 1.89. The Kier molecular flexibility index (Phi) is 1.58. The molecule has 0 fully saturated rings. The molecule has 0 spiro atoms. The lowest BCUT2D eigenvalue weighted by atomic mass is 10.2. The summed E-state index contributed by atoms with van der Waals surface area (Å²) in [4.78, 5) is 10.3. The van der Waals surface area contributed by atoms with Crippen LogP contribution in [0.15, 0.2) is 24.3 Å². The van der Waals surface area contributed by atoms with E-state index in [9.17, 15) is 4.79 Å². The molecule has 0 amide bonds. The molecule has 1 aromatic carbocycles. The molecule has 0 aromatic heterocycles. The Hall–Kier alpha value is -1.51. The van der Waals surface area contributed by atoms with Gasteiger partial charge < -0.3 is 10.8 Å². The maximum Gasteiger partial charge on any atom is 0.337 e. The minimum atomic E-state index is -0.988. The molecule has 1 aromatic rings. The van der Waals surface area contributed by atoms with Crippen molar-refractivity contribution < 1.29 is 9.90 Å². The Labute approximate surface area is 58.1 Å². The summed E-state index contributed by atoms with van der Waals surface area (Å²) in [5.41, 5.74) is 5.80. The zero-order valence-electron chi connectivity index (χ0n) is 5.24. The minimum Gasteiger partial charge on any atom is -0.478 e. The number of anilines is 1. The van der Waals surface area contributed by atoms with Crippen molar-refractivity contribution >= 4 is 11.7 Å². The first kappa shape index (κ1) is 6.61. The van der Waals surface area contributed by atoms with E-state index in [0.29, 0.717) is 5.69 Å². The molecule has 0 saturated heterocycles. The summed E-state index contributed by atoms with van der Waals surface area (Å²) < 4.78 is 0. The average Bonchev–Trinajstić information content (AvgIpc) is 1.88. The maximum atomic E-state index is 10.3. The molecule has 0 radical (unpaired) electrons. The molecule has 0 aliphatic heterocycles. The fourth-order valence-corrected chi connectivity index (χ4v) is 0.692. The number of carbonyl (C=O) groups is 1. The third kappa shape index (κ3) is 1.07. The largest absolute Gasteiger partial charge is 0.478 e. The Balaban J connectivity index is 3.15. The molecule has 1 rings (SSSR count). The Morgan fingerprint density at radius 2 is 2.00 bits per heavy atom. The number of hydrogen-bond donors (Lipinski definition) is 2. The molecule has 0 saturated carbocycles. The van der Waals surface area contributed by atoms with Gasteiger partial charge in [0.05, 0.1) is 5.56 Å². The predicted molar refractivity (Wildman–Crippen MR) is 37.8 cm³/mol. The zero-order chi connectivity index (χ0) is 7.56. The molecule has 0 heterocycles. The SMILES string of the molecule is Nc1ccccc1[13C](=O)O. The van der Waals surface area contributed by atoms with Gasteiger partial charge in [-0.15, -0.1) is 0 Å². The van der Waals surface area contributed by atoms with E-state index in [4.69, 9.17) is 10.8 Å². The number of carboxylic acid groups (broad SMARTS) is 1. The highest BCUT2D eigenvalue weighted by molar-refractivity contribution is 5.93. The van der Waals surface area contributed by atoms with Crippen molar-refractivity contribution in [2.75, 3.05) is 5.73 Å². The molecular weight excluding hydrogens is 131 g/mol. The third-order valence-electron chi connectivity index (χ3n) is 1.19. The highest BCUT2D eigenvalue weighted by Crippen LogP contribution is 2.08. The second-order valence-electron chi connectivity index (χ2n) is 1.89. The average molecular weight is 138 g/mol. The molecule has 3 N–H and O–H groups in total. The van der Waals surface area contributed by atoms with Crippen LogP contribution in [0.1, 0.15) is 10.4 Å². The Bertz CT molecular complexity index is 258. The zero-order valence-corrected chi connectivity index (χ0v) is 5.24. The number of aromatic carboxylic acids is 1. The highest BCUT2D eigenvalue weighted by Gasteiger charge is 2.03. The van der Waals surface area contributed by atoms with E-state index < -0.39 is 5.97 Å². The first-order valence-corrected chi connectivity index (χ1v) is 2.79. The van der Waals surface area contributed by atoms with Gasteiger partial charge in [0.25, 0.3) is 0 Å². The monoisotopic (exact) mass is 138 g/mol. The van der Waals surface area contributed by atoms with Crippen LogP contribution in [0.5, 0.6) is 0 Å². The van der Waals surface area contributed by atoms with E-state index in [2.05, 4.69) is 0 Å². The molecule has 3 heteroatoms. The number of hydrogen-bond acceptors (Lipinski definition) is 2. The predicted octanol–water partition coefficient (Wildman–Crippen LogP) is 0.967. The lowest BCUT2D eigenvalue weighted by Crippen LogP contribution is -2.00. The van der Waals surface area contributed by atoms with Crippen LogP contribution in [-0.4, -0.2) is 11.1 Å². The van der Waals surface area contributed by atoms with Crippen LogP contribution in [0.2, 0.25) is 0 Å². The lowest BCUT2D eigenvalue weighted by Gasteiger charge is -1.96. The molecule has 0 aliphatic carbocycles. The summed E-state index contributed by atoms with van der Waals surface area (Å²) in [7, 11) is 0. The number of rotatable bonds is 1. The summed E-state index contributed by atoms with van der Waals surface area (Å²) >= 11 is 0. The lowest BCUT2D eigenvalue weighted by molar-refractivity contribution is 0.0698. The van der Waals surface area contributed by atoms with Crippen molar-refractivity contribution in [3.8, 4) is 0 Å². The smallest absolute Gasteiger partial charge is 0.337 e. The van der Waals surface area contributed by atoms with E-state index in [0.717, 1.165) is 0 Å². The van der Waals surface area contributed by atoms with Crippen LogP contribution >= 0.6 is 0 Å². The van der Waals surface area contributed by atoms with Gasteiger partial charge in [0.1, 0.15) is 0 Å². The quantitative estimate of drug-likeness (QED) is 0.449. The van der Waals surface area contributed by atoms with Gasteiger partial charge in [-0.1, -0.05) is 12.1 Å². The van der Waals surface area contributed by atoms with Crippen LogP contribution in [0.25, 0.3) is 0 Å². The van der Waals surface area contributed by atoms with Crippen LogP contribution in [0.4, 0.5) is 5.69 Å². The molecule has 0 unspecified atom stereocenters. The maximum absolute atomic E-state index is 10.3. The van der Waals surface area contributed by atoms with Crippen molar-refractivity contribution in [2.45, 2.75) is 0 Å². The number of benzene rings is 1. The van der Waals surface area contributed by atoms with Gasteiger partial charge >= 0.3 is 5.97 Å². The number of carboxylic acids is 1. The minimum absolute atomic E-state index is 0.155. The first-order valence-electron chi connectivity index (χ1n) is 2.79. The molecule has 0 atom stereocenters. The molecule has 0 aliphatic rings. The summed E-state index contributed by atoms with van der Waals surface area (Å²) in [6.07, 6.45) is 0. The highest BCUT2D eigenvalue weighted by atomic mass is 16.5. The van der Waals surface area contributed by atoms with Crippen molar-refractivity contribution in [1.82, 2.24) is 0 Å². The van der Waals surface area contributed by atoms with Gasteiger partial charge in [-0.05, 0) is 12.1 Å². The van der Waals surface area contributed by atoms with Gasteiger partial charge in [-0.2, -0.15) is 0 Å². The van der Waals surface area contributed by atoms with Gasteiger partial charge in [-0.25, -0.2) is 4.79 Å². The number of para-hydroxylation sites is 1. The summed E-state index contributed by atoms with van der Waals surface area (Å²) in [6, 6.07) is 6.36. The van der Waals surface area contributed by atoms with Crippen molar-refractivity contribution in [3.05, 3.63) is 29.8 Å². The van der Waals surface area contributed by atoms with Crippen LogP contribution in [0.3, 0.4) is 0 Å². The first-order chi connectivity index (χ1) is 4.72. The molecule has 0 bridgehead atoms. The van der Waals surface area contributed by atoms with Gasteiger partial charge in [0.2, 0.25) is 0 Å². The van der Waals surface area contributed by atoms with E-state index in [1.807, 2.05) is 0 Å². The van der Waals surface area contributed by atoms with E-state index in [1.165, 1.54) is 6.07 Å². The molecule has 10 heavy (non-hydrogen) atoms. The fraction of sp³-hybridized carbons (Fsp3) is 0. The topological polar surface area (TPSA) is 63.3 Å². The number of nitrogens with two attached hydrogens (primary N) is 1. The normalized spacial score (nSPS) is 9.20. The molecular formula is C7H7NO2. The van der Waals surface area contributed by atoms with Gasteiger partial charge in [-0.3, -0.25) is 0 Å². The van der Waals surface area contributed by atoms with Crippen molar-refractivity contribution in [1.29, 1.82) is 0 Å². The fourth-order valence-electron chi connectivity index (χ4n) is 0.692. The summed E-state index contributed by atoms with van der Waals surface area (Å²) in [6.45, 7) is 0. The molecule has 52 valence electrons. The van der Waals surface area contributed by atoms with Crippen molar-refractivity contribution in [2.24, 2.45) is 0 Å². The van der Waals surface area contributed by atoms with E-state index >= 15 is 0 Å². The molecule has 3 nitrogen and oxygen atoms in total. The van der Waals surface area contributed by atoms with Crippen LogP contribution < -0.4 is 5.73 Å². The Morgan fingerprint density at radius 3 is 2.40 bits per heavy atom. The van der Waals surface area contributed by atoms with Gasteiger partial charge in [0.15, 0.2) is 0 Å². The Morgan fingerprint density at radius 1 is 1.40 bits per heavy atom. The van der Waals surface area contributed by atoms with Crippen LogP contribution in [-0.2, 0) is 0 Å². The van der Waals surface area contributed by atoms with Crippen molar-refractivity contribution in [3.63, 3.8) is 0 Å². The summed E-state index contributed by atoms with van der Waals surface area (Å²) in [5, 5.41) is 8.49. The standard InChI is InChI=1S/C7H7NO2/c8-6-4-2-1-3-5(6)7(9)10/h1-4H,8H2,(H,9,10)/i7+1. The van der Waals surface area contributed by atoms with E-state index in [1.54, 1.807) is 18.2 Å². The third-order valence-corrected chi connectivity index (χ3v) is 1.19. The van der Waals surface area contributed by atoms with E-state index in [-0.39, 0.29) is 5.56 Å². The summed E-state index contributed by atoms with van der Waals surface area (Å²) in [5.74, 6) is -0.988. The number of nitrogen functional groups attached to an aromatic ring is 1. The van der Waals surface area contributed by atoms with Gasteiger partial charge in [0, 0.05) is 5.69 Å². The second kappa shape index (κ2) is 2.39.